The van der Waals surface area contributed by atoms with Crippen molar-refractivity contribution in [3.8, 4) is 0 Å². The molecule has 0 bridgehead atoms. The lowest BCUT2D eigenvalue weighted by Crippen LogP contribution is -2.11. The second-order valence-corrected chi connectivity index (χ2v) is 5.52. The van der Waals surface area contributed by atoms with Crippen molar-refractivity contribution in [2.75, 3.05) is 0 Å². The Morgan fingerprint density at radius 1 is 1.06 bits per heavy atom. The highest BCUT2D eigenvalue weighted by Crippen LogP contribution is 2.23. The Labute approximate surface area is 106 Å². The number of aromatic nitrogens is 4. The normalized spacial score (nSPS) is 13.8. The summed E-state index contributed by atoms with van der Waals surface area (Å²) in [4.78, 5) is 0. The molecule has 6 nitrogen and oxygen atoms in total. The van der Waals surface area contributed by atoms with Crippen LogP contribution in [0.5, 0.6) is 0 Å². The molecule has 2 heterocycles. The molecule has 0 aliphatic rings. The summed E-state index contributed by atoms with van der Waals surface area (Å²) >= 11 is 0. The van der Waals surface area contributed by atoms with Crippen molar-refractivity contribution in [3.05, 3.63) is 23.6 Å². The Kier molecular flexibility index (Phi) is 3.19. The summed E-state index contributed by atoms with van der Waals surface area (Å²) in [5.41, 5.74) is -0.129. The van der Waals surface area contributed by atoms with Crippen LogP contribution in [-0.2, 0) is 11.8 Å². The maximum absolute atomic E-state index is 5.63. The fourth-order valence-electron chi connectivity index (χ4n) is 1.50. The van der Waals surface area contributed by atoms with Crippen LogP contribution in [0.25, 0.3) is 0 Å². The van der Waals surface area contributed by atoms with Crippen LogP contribution < -0.4 is 0 Å². The Balaban J connectivity index is 2.08. The smallest absolute Gasteiger partial charge is 0.221 e. The zero-order chi connectivity index (χ0) is 13.3. The van der Waals surface area contributed by atoms with E-state index in [1.165, 1.54) is 0 Å². The molecule has 1 atom stereocenters. The van der Waals surface area contributed by atoms with Gasteiger partial charge in [0.15, 0.2) is 0 Å². The number of nitrogens with zero attached hydrogens (tertiary/aromatic N) is 4. The molecule has 0 aliphatic carbocycles. The lowest BCUT2D eigenvalue weighted by Gasteiger charge is -2.11. The monoisotopic (exact) mass is 250 g/mol. The highest BCUT2D eigenvalue weighted by molar-refractivity contribution is 4.99. The Morgan fingerprint density at radius 3 is 2.28 bits per heavy atom. The van der Waals surface area contributed by atoms with Crippen LogP contribution in [0.2, 0.25) is 0 Å². The molecule has 0 N–H and O–H groups in total. The predicted molar refractivity (Wildman–Crippen MR) is 64.2 cm³/mol. The molecule has 0 fully saturated rings. The minimum atomic E-state index is -0.129. The average molecular weight is 250 g/mol. The zero-order valence-corrected chi connectivity index (χ0v) is 11.4. The van der Waals surface area contributed by atoms with E-state index in [0.717, 1.165) is 0 Å². The molecule has 0 amide bonds. The molecule has 0 aliphatic heterocycles. The summed E-state index contributed by atoms with van der Waals surface area (Å²) in [7, 11) is 0. The highest BCUT2D eigenvalue weighted by Gasteiger charge is 2.23. The van der Waals surface area contributed by atoms with Crippen molar-refractivity contribution in [2.24, 2.45) is 0 Å². The van der Waals surface area contributed by atoms with Gasteiger partial charge in [0.1, 0.15) is 0 Å². The first-order valence-electron chi connectivity index (χ1n) is 5.99. The summed E-state index contributed by atoms with van der Waals surface area (Å²) in [6, 6.07) is 0. The van der Waals surface area contributed by atoms with Crippen molar-refractivity contribution < 1.29 is 8.83 Å². The number of aryl methyl sites for hydroxylation is 1. The van der Waals surface area contributed by atoms with E-state index >= 15 is 0 Å². The molecular formula is C12H18N4O2. The minimum Gasteiger partial charge on any atom is -0.425 e. The van der Waals surface area contributed by atoms with E-state index in [-0.39, 0.29) is 11.3 Å². The van der Waals surface area contributed by atoms with Crippen molar-refractivity contribution in [2.45, 2.75) is 52.4 Å². The van der Waals surface area contributed by atoms with E-state index in [4.69, 9.17) is 8.83 Å². The van der Waals surface area contributed by atoms with Gasteiger partial charge >= 0.3 is 0 Å². The van der Waals surface area contributed by atoms with Crippen molar-refractivity contribution in [1.82, 2.24) is 20.4 Å². The fourth-order valence-corrected chi connectivity index (χ4v) is 1.50. The summed E-state index contributed by atoms with van der Waals surface area (Å²) in [5.74, 6) is 2.48. The van der Waals surface area contributed by atoms with Gasteiger partial charge in [-0.15, -0.1) is 20.4 Å². The van der Waals surface area contributed by atoms with Gasteiger partial charge in [0.2, 0.25) is 23.6 Å². The van der Waals surface area contributed by atoms with E-state index in [2.05, 4.69) is 20.4 Å². The maximum Gasteiger partial charge on any atom is 0.221 e. The van der Waals surface area contributed by atoms with Crippen LogP contribution in [0.15, 0.2) is 8.83 Å². The summed E-state index contributed by atoms with van der Waals surface area (Å²) in [6.07, 6.45) is 0.602. The molecule has 0 saturated heterocycles. The summed E-state index contributed by atoms with van der Waals surface area (Å²) < 4.78 is 11.0. The van der Waals surface area contributed by atoms with Gasteiger partial charge in [-0.1, -0.05) is 27.7 Å². The molecule has 0 aromatic carbocycles. The third-order valence-electron chi connectivity index (χ3n) is 2.55. The van der Waals surface area contributed by atoms with Crippen molar-refractivity contribution in [3.63, 3.8) is 0 Å². The third kappa shape index (κ3) is 2.75. The van der Waals surface area contributed by atoms with Crippen LogP contribution in [0.4, 0.5) is 0 Å². The lowest BCUT2D eigenvalue weighted by atomic mass is 9.97. The highest BCUT2D eigenvalue weighted by atomic mass is 16.4. The summed E-state index contributed by atoms with van der Waals surface area (Å²) in [6.45, 7) is 9.88. The Morgan fingerprint density at radius 2 is 1.78 bits per heavy atom. The van der Waals surface area contributed by atoms with E-state index in [1.54, 1.807) is 6.92 Å². The molecule has 0 saturated carbocycles. The molecule has 1 unspecified atom stereocenters. The second-order valence-electron chi connectivity index (χ2n) is 5.52. The van der Waals surface area contributed by atoms with E-state index in [0.29, 0.717) is 30.0 Å². The molecule has 18 heavy (non-hydrogen) atoms. The molecule has 2 rings (SSSR count). The standard InChI is InChI=1S/C12H18N4O2/c1-7(10-15-13-8(2)17-10)6-9-14-16-11(18-9)12(3,4)5/h7H,6H2,1-5H3. The molecule has 0 spiro atoms. The SMILES string of the molecule is Cc1nnc(C(C)Cc2nnc(C(C)(C)C)o2)o1. The van der Waals surface area contributed by atoms with Crippen LogP contribution in [-0.4, -0.2) is 20.4 Å². The first-order chi connectivity index (χ1) is 8.36. The van der Waals surface area contributed by atoms with E-state index < -0.39 is 0 Å². The van der Waals surface area contributed by atoms with Crippen LogP contribution >= 0.6 is 0 Å². The number of rotatable bonds is 3. The molecule has 6 heteroatoms. The minimum absolute atomic E-state index is 0.0690. The average Bonchev–Trinajstić information content (AvgIpc) is 2.85. The van der Waals surface area contributed by atoms with Gasteiger partial charge in [0.25, 0.3) is 0 Å². The Bertz CT molecular complexity index is 524. The quantitative estimate of drug-likeness (QED) is 0.832. The van der Waals surface area contributed by atoms with Crippen LogP contribution in [0.1, 0.15) is 57.2 Å². The molecular weight excluding hydrogens is 232 g/mol. The van der Waals surface area contributed by atoms with Gasteiger partial charge in [-0.3, -0.25) is 0 Å². The Hall–Kier alpha value is -1.72. The van der Waals surface area contributed by atoms with Gasteiger partial charge in [-0.25, -0.2) is 0 Å². The van der Waals surface area contributed by atoms with Crippen LogP contribution in [0.3, 0.4) is 0 Å². The molecule has 98 valence electrons. The number of hydrogen-bond acceptors (Lipinski definition) is 6. The largest absolute Gasteiger partial charge is 0.425 e. The molecule has 2 aromatic rings. The van der Waals surface area contributed by atoms with Gasteiger partial charge in [0.05, 0.1) is 0 Å². The van der Waals surface area contributed by atoms with E-state index in [9.17, 15) is 0 Å². The van der Waals surface area contributed by atoms with Gasteiger partial charge in [-0.2, -0.15) is 0 Å². The zero-order valence-electron chi connectivity index (χ0n) is 11.4. The van der Waals surface area contributed by atoms with Crippen molar-refractivity contribution in [1.29, 1.82) is 0 Å². The summed E-state index contributed by atoms with van der Waals surface area (Å²) in [5, 5.41) is 15.9. The lowest BCUT2D eigenvalue weighted by molar-refractivity contribution is 0.357. The van der Waals surface area contributed by atoms with Gasteiger partial charge in [-0.05, 0) is 0 Å². The predicted octanol–water partition coefficient (Wildman–Crippen LogP) is 2.40. The van der Waals surface area contributed by atoms with Crippen molar-refractivity contribution >= 4 is 0 Å². The second kappa shape index (κ2) is 4.51. The van der Waals surface area contributed by atoms with Gasteiger partial charge < -0.3 is 8.83 Å². The molecule has 0 radical (unpaired) electrons. The third-order valence-corrected chi connectivity index (χ3v) is 2.55. The van der Waals surface area contributed by atoms with Crippen LogP contribution in [0, 0.1) is 6.92 Å². The first kappa shape index (κ1) is 12.7. The van der Waals surface area contributed by atoms with E-state index in [1.807, 2.05) is 27.7 Å². The maximum atomic E-state index is 5.63. The molecule has 2 aromatic heterocycles. The topological polar surface area (TPSA) is 77.8 Å². The van der Waals surface area contributed by atoms with Gasteiger partial charge in [0, 0.05) is 24.7 Å². The fraction of sp³-hybridized carbons (Fsp3) is 0.667. The first-order valence-corrected chi connectivity index (χ1v) is 5.99. The number of hydrogen-bond donors (Lipinski definition) is 0.